The molecule has 0 aromatic rings. The van der Waals surface area contributed by atoms with E-state index in [-0.39, 0.29) is 11.9 Å². The zero-order valence-electron chi connectivity index (χ0n) is 9.54. The second-order valence-electron chi connectivity index (χ2n) is 4.27. The SMILES string of the molecule is CC(CCl)N(C)C(=O)CC1CCSCC1. The quantitative estimate of drug-likeness (QED) is 0.714. The van der Waals surface area contributed by atoms with Crippen LogP contribution in [0, 0.1) is 5.92 Å². The lowest BCUT2D eigenvalue weighted by atomic mass is 9.98. The zero-order chi connectivity index (χ0) is 11.3. The molecular formula is C11H20ClNOS. The Bertz CT molecular complexity index is 207. The molecule has 0 spiro atoms. The van der Waals surface area contributed by atoms with E-state index in [2.05, 4.69) is 0 Å². The minimum Gasteiger partial charge on any atom is -0.342 e. The predicted octanol–water partition coefficient (Wildman–Crippen LogP) is 2.61. The smallest absolute Gasteiger partial charge is 0.222 e. The number of halogens is 1. The summed E-state index contributed by atoms with van der Waals surface area (Å²) >= 11 is 7.74. The molecule has 1 unspecified atom stereocenters. The Morgan fingerprint density at radius 2 is 2.13 bits per heavy atom. The molecule has 0 aromatic carbocycles. The van der Waals surface area contributed by atoms with Gasteiger partial charge in [-0.2, -0.15) is 11.8 Å². The van der Waals surface area contributed by atoms with Crippen molar-refractivity contribution < 1.29 is 4.79 Å². The van der Waals surface area contributed by atoms with Gasteiger partial charge in [0, 0.05) is 25.4 Å². The van der Waals surface area contributed by atoms with Crippen LogP contribution in [0.2, 0.25) is 0 Å². The largest absolute Gasteiger partial charge is 0.342 e. The van der Waals surface area contributed by atoms with Gasteiger partial charge < -0.3 is 4.90 Å². The Balaban J connectivity index is 2.33. The third-order valence-electron chi connectivity index (χ3n) is 3.08. The summed E-state index contributed by atoms with van der Waals surface area (Å²) in [5.74, 6) is 3.80. The lowest BCUT2D eigenvalue weighted by Crippen LogP contribution is -2.37. The molecule has 0 bridgehead atoms. The zero-order valence-corrected chi connectivity index (χ0v) is 11.1. The van der Waals surface area contributed by atoms with Crippen LogP contribution in [0.15, 0.2) is 0 Å². The van der Waals surface area contributed by atoms with Crippen LogP contribution in [0.1, 0.15) is 26.2 Å². The van der Waals surface area contributed by atoms with Crippen molar-refractivity contribution in [3.63, 3.8) is 0 Å². The van der Waals surface area contributed by atoms with Crippen LogP contribution in [0.3, 0.4) is 0 Å². The van der Waals surface area contributed by atoms with Crippen LogP contribution in [0.5, 0.6) is 0 Å². The Morgan fingerprint density at radius 3 is 2.67 bits per heavy atom. The lowest BCUT2D eigenvalue weighted by Gasteiger charge is -2.27. The molecule has 88 valence electrons. The van der Waals surface area contributed by atoms with Crippen molar-refractivity contribution in [3.05, 3.63) is 0 Å². The summed E-state index contributed by atoms with van der Waals surface area (Å²) in [6.07, 6.45) is 3.09. The van der Waals surface area contributed by atoms with E-state index in [0.29, 0.717) is 18.2 Å². The average molecular weight is 250 g/mol. The van der Waals surface area contributed by atoms with Crippen molar-refractivity contribution in [2.75, 3.05) is 24.4 Å². The first kappa shape index (κ1) is 13.2. The highest BCUT2D eigenvalue weighted by molar-refractivity contribution is 7.99. The van der Waals surface area contributed by atoms with Crippen molar-refractivity contribution in [1.82, 2.24) is 4.90 Å². The number of carbonyl (C=O) groups is 1. The summed E-state index contributed by atoms with van der Waals surface area (Å²) in [6.45, 7) is 1.99. The van der Waals surface area contributed by atoms with Gasteiger partial charge in [-0.25, -0.2) is 0 Å². The molecule has 15 heavy (non-hydrogen) atoms. The molecule has 0 saturated carbocycles. The number of hydrogen-bond acceptors (Lipinski definition) is 2. The van der Waals surface area contributed by atoms with Crippen LogP contribution >= 0.6 is 23.4 Å². The maximum absolute atomic E-state index is 11.9. The second kappa shape index (κ2) is 6.64. The Hall–Kier alpha value is 0.110. The van der Waals surface area contributed by atoms with Gasteiger partial charge in [-0.3, -0.25) is 4.79 Å². The summed E-state index contributed by atoms with van der Waals surface area (Å²) < 4.78 is 0. The van der Waals surface area contributed by atoms with Gasteiger partial charge in [0.2, 0.25) is 5.91 Å². The molecule has 1 heterocycles. The van der Waals surface area contributed by atoms with E-state index in [9.17, 15) is 4.79 Å². The standard InChI is InChI=1S/C11H20ClNOS/c1-9(8-12)13(2)11(14)7-10-3-5-15-6-4-10/h9-10H,3-8H2,1-2H3. The number of alkyl halides is 1. The third-order valence-corrected chi connectivity index (χ3v) is 4.58. The molecule has 1 rings (SSSR count). The summed E-state index contributed by atoms with van der Waals surface area (Å²) in [5, 5.41) is 0. The Morgan fingerprint density at radius 1 is 1.53 bits per heavy atom. The van der Waals surface area contributed by atoms with Crippen molar-refractivity contribution in [2.45, 2.75) is 32.2 Å². The summed E-state index contributed by atoms with van der Waals surface area (Å²) in [4.78, 5) is 13.7. The van der Waals surface area contributed by atoms with Gasteiger partial charge in [0.25, 0.3) is 0 Å². The molecule has 0 aromatic heterocycles. The van der Waals surface area contributed by atoms with Gasteiger partial charge in [-0.05, 0) is 37.2 Å². The maximum atomic E-state index is 11.9. The summed E-state index contributed by atoms with van der Waals surface area (Å²) in [6, 6.07) is 0.150. The van der Waals surface area contributed by atoms with Crippen molar-refractivity contribution in [3.8, 4) is 0 Å². The summed E-state index contributed by atoms with van der Waals surface area (Å²) in [5.41, 5.74) is 0. The van der Waals surface area contributed by atoms with E-state index in [0.717, 1.165) is 0 Å². The van der Waals surface area contributed by atoms with Crippen molar-refractivity contribution in [2.24, 2.45) is 5.92 Å². The Kier molecular flexibility index (Phi) is 5.83. The molecule has 4 heteroatoms. The fourth-order valence-corrected chi connectivity index (χ4v) is 3.10. The first-order valence-corrected chi connectivity index (χ1v) is 7.23. The van der Waals surface area contributed by atoms with Gasteiger partial charge in [-0.15, -0.1) is 11.6 Å². The Labute approximate surface area is 102 Å². The van der Waals surface area contributed by atoms with Crippen LogP contribution in [0.4, 0.5) is 0 Å². The van der Waals surface area contributed by atoms with E-state index in [1.54, 1.807) is 4.90 Å². The number of hydrogen-bond donors (Lipinski definition) is 0. The normalized spacial score (nSPS) is 19.9. The minimum absolute atomic E-state index is 0.150. The van der Waals surface area contributed by atoms with E-state index in [1.807, 2.05) is 25.7 Å². The fraction of sp³-hybridized carbons (Fsp3) is 0.909. The molecule has 2 nitrogen and oxygen atoms in total. The molecule has 1 aliphatic rings. The molecule has 0 N–H and O–H groups in total. The molecule has 1 atom stereocenters. The molecule has 1 saturated heterocycles. The summed E-state index contributed by atoms with van der Waals surface area (Å²) in [7, 11) is 1.85. The number of amides is 1. The van der Waals surface area contributed by atoms with Gasteiger partial charge in [-0.1, -0.05) is 0 Å². The molecule has 1 fully saturated rings. The fourth-order valence-electron chi connectivity index (χ4n) is 1.69. The average Bonchev–Trinajstić information content (AvgIpc) is 2.28. The van der Waals surface area contributed by atoms with Crippen LogP contribution < -0.4 is 0 Å². The maximum Gasteiger partial charge on any atom is 0.222 e. The molecular weight excluding hydrogens is 230 g/mol. The monoisotopic (exact) mass is 249 g/mol. The van der Waals surface area contributed by atoms with E-state index < -0.39 is 0 Å². The van der Waals surface area contributed by atoms with Gasteiger partial charge in [0.15, 0.2) is 0 Å². The van der Waals surface area contributed by atoms with Gasteiger partial charge in [0.1, 0.15) is 0 Å². The van der Waals surface area contributed by atoms with Crippen molar-refractivity contribution in [1.29, 1.82) is 0 Å². The predicted molar refractivity (Wildman–Crippen MR) is 67.6 cm³/mol. The third kappa shape index (κ3) is 4.23. The van der Waals surface area contributed by atoms with Crippen molar-refractivity contribution >= 4 is 29.3 Å². The van der Waals surface area contributed by atoms with E-state index in [1.165, 1.54) is 24.3 Å². The minimum atomic E-state index is 0.150. The topological polar surface area (TPSA) is 20.3 Å². The number of rotatable bonds is 4. The van der Waals surface area contributed by atoms with Crippen LogP contribution in [-0.4, -0.2) is 41.3 Å². The molecule has 1 aliphatic heterocycles. The first-order valence-electron chi connectivity index (χ1n) is 5.54. The van der Waals surface area contributed by atoms with Crippen LogP contribution in [0.25, 0.3) is 0 Å². The van der Waals surface area contributed by atoms with Gasteiger partial charge in [0.05, 0.1) is 0 Å². The van der Waals surface area contributed by atoms with Gasteiger partial charge >= 0.3 is 0 Å². The molecule has 0 aliphatic carbocycles. The highest BCUT2D eigenvalue weighted by Gasteiger charge is 2.21. The number of carbonyl (C=O) groups excluding carboxylic acids is 1. The highest BCUT2D eigenvalue weighted by Crippen LogP contribution is 2.25. The molecule has 1 amide bonds. The van der Waals surface area contributed by atoms with E-state index >= 15 is 0 Å². The number of nitrogens with zero attached hydrogens (tertiary/aromatic N) is 1. The number of thioether (sulfide) groups is 1. The first-order chi connectivity index (χ1) is 7.15. The second-order valence-corrected chi connectivity index (χ2v) is 5.80. The van der Waals surface area contributed by atoms with Crippen LogP contribution in [-0.2, 0) is 4.79 Å². The molecule has 0 radical (unpaired) electrons. The van der Waals surface area contributed by atoms with E-state index in [4.69, 9.17) is 11.6 Å². The lowest BCUT2D eigenvalue weighted by molar-refractivity contribution is -0.132. The highest BCUT2D eigenvalue weighted by atomic mass is 35.5.